The number of nitrogens with one attached hydrogen (secondary N) is 1. The average Bonchev–Trinajstić information content (AvgIpc) is 3.07. The van der Waals surface area contributed by atoms with Crippen molar-refractivity contribution in [2.45, 2.75) is 19.6 Å². The summed E-state index contributed by atoms with van der Waals surface area (Å²) in [6.45, 7) is 1.53. The molecule has 0 bridgehead atoms. The van der Waals surface area contributed by atoms with Gasteiger partial charge >= 0.3 is 6.18 Å². The van der Waals surface area contributed by atoms with Gasteiger partial charge in [-0.1, -0.05) is 11.6 Å². The minimum Gasteiger partial charge on any atom is -0.345 e. The molecule has 3 aromatic heterocycles. The summed E-state index contributed by atoms with van der Waals surface area (Å²) in [5, 5.41) is 9.97. The van der Waals surface area contributed by atoms with E-state index in [4.69, 9.17) is 11.6 Å². The molecular weight excluding hydrogens is 361 g/mol. The van der Waals surface area contributed by atoms with E-state index >= 15 is 0 Å². The quantitative estimate of drug-likeness (QED) is 0.765. The third kappa shape index (κ3) is 3.16. The molecule has 0 saturated carbocycles. The van der Waals surface area contributed by atoms with Gasteiger partial charge in [0.05, 0.1) is 12.2 Å². The van der Waals surface area contributed by atoms with Gasteiger partial charge in [0.1, 0.15) is 10.7 Å². The van der Waals surface area contributed by atoms with Gasteiger partial charge < -0.3 is 5.32 Å². The molecule has 11 heteroatoms. The molecule has 1 N–H and O–H groups in total. The second-order valence-corrected chi connectivity index (χ2v) is 5.69. The Labute approximate surface area is 144 Å². The first-order valence-electron chi connectivity index (χ1n) is 7.06. The fraction of sp³-hybridized carbons (Fsp3) is 0.286. The van der Waals surface area contributed by atoms with Crippen molar-refractivity contribution < 1.29 is 18.0 Å². The number of rotatable bonds is 3. The molecule has 0 aliphatic rings. The highest BCUT2D eigenvalue weighted by atomic mass is 35.5. The van der Waals surface area contributed by atoms with Gasteiger partial charge in [0.2, 0.25) is 0 Å². The number of halogens is 4. The Hall–Kier alpha value is -2.62. The number of carbonyl (C=O) groups excluding carboxylic acids is 1. The monoisotopic (exact) mass is 372 g/mol. The van der Waals surface area contributed by atoms with Crippen molar-refractivity contribution >= 4 is 23.2 Å². The van der Waals surface area contributed by atoms with Crippen molar-refractivity contribution in [3.63, 3.8) is 0 Å². The SMILES string of the molecule is Cc1cc(C(F)(F)F)n2nc(C(=O)NCc3ccnn3C)c(Cl)c2n1. The molecule has 0 spiro atoms. The minimum absolute atomic E-state index is 0.114. The molecule has 3 heterocycles. The van der Waals surface area contributed by atoms with Gasteiger partial charge in [-0.15, -0.1) is 0 Å². The fourth-order valence-electron chi connectivity index (χ4n) is 2.29. The summed E-state index contributed by atoms with van der Waals surface area (Å²) < 4.78 is 41.6. The molecule has 0 radical (unpaired) electrons. The zero-order chi connectivity index (χ0) is 18.4. The van der Waals surface area contributed by atoms with Crippen LogP contribution in [-0.2, 0) is 19.8 Å². The summed E-state index contributed by atoms with van der Waals surface area (Å²) in [6, 6.07) is 2.53. The Morgan fingerprint density at radius 1 is 1.40 bits per heavy atom. The van der Waals surface area contributed by atoms with E-state index in [1.54, 1.807) is 24.0 Å². The van der Waals surface area contributed by atoms with Crippen molar-refractivity contribution in [2.24, 2.45) is 7.05 Å². The van der Waals surface area contributed by atoms with Crippen LogP contribution in [0.1, 0.15) is 27.6 Å². The van der Waals surface area contributed by atoms with Gasteiger partial charge in [0.15, 0.2) is 11.3 Å². The van der Waals surface area contributed by atoms with Crippen LogP contribution in [0, 0.1) is 6.92 Å². The number of alkyl halides is 3. The summed E-state index contributed by atoms with van der Waals surface area (Å²) in [5.74, 6) is -0.706. The summed E-state index contributed by atoms with van der Waals surface area (Å²) in [6.07, 6.45) is -3.11. The molecule has 0 aromatic carbocycles. The van der Waals surface area contributed by atoms with Gasteiger partial charge in [-0.25, -0.2) is 9.50 Å². The zero-order valence-electron chi connectivity index (χ0n) is 13.1. The Morgan fingerprint density at radius 2 is 2.12 bits per heavy atom. The first-order valence-corrected chi connectivity index (χ1v) is 7.44. The van der Waals surface area contributed by atoms with E-state index in [-0.39, 0.29) is 28.6 Å². The number of fused-ring (bicyclic) bond motifs is 1. The zero-order valence-corrected chi connectivity index (χ0v) is 13.9. The van der Waals surface area contributed by atoms with Crippen molar-refractivity contribution in [1.82, 2.24) is 29.7 Å². The molecule has 0 fully saturated rings. The summed E-state index contributed by atoms with van der Waals surface area (Å²) in [4.78, 5) is 16.2. The van der Waals surface area contributed by atoms with E-state index in [2.05, 4.69) is 20.5 Å². The van der Waals surface area contributed by atoms with Crippen molar-refractivity contribution in [1.29, 1.82) is 0 Å². The number of carbonyl (C=O) groups is 1. The Morgan fingerprint density at radius 3 is 2.72 bits per heavy atom. The summed E-state index contributed by atoms with van der Waals surface area (Å²) in [5.41, 5.74) is -0.781. The van der Waals surface area contributed by atoms with Crippen LogP contribution >= 0.6 is 11.6 Å². The summed E-state index contributed by atoms with van der Waals surface area (Å²) >= 11 is 6.05. The lowest BCUT2D eigenvalue weighted by molar-refractivity contribution is -0.142. The predicted molar refractivity (Wildman–Crippen MR) is 82.1 cm³/mol. The van der Waals surface area contributed by atoms with Crippen LogP contribution in [0.2, 0.25) is 5.02 Å². The number of nitrogens with zero attached hydrogens (tertiary/aromatic N) is 5. The van der Waals surface area contributed by atoms with Crippen LogP contribution in [-0.4, -0.2) is 30.3 Å². The first kappa shape index (κ1) is 17.2. The van der Waals surface area contributed by atoms with Crippen molar-refractivity contribution in [2.75, 3.05) is 0 Å². The topological polar surface area (TPSA) is 77.1 Å². The second kappa shape index (κ2) is 6.03. The number of aryl methyl sites for hydroxylation is 2. The van der Waals surface area contributed by atoms with Crippen LogP contribution in [0.25, 0.3) is 5.65 Å². The molecule has 132 valence electrons. The molecule has 0 unspecified atom stereocenters. The first-order chi connectivity index (χ1) is 11.7. The third-order valence-corrected chi connectivity index (χ3v) is 3.87. The van der Waals surface area contributed by atoms with Gasteiger partial charge in [-0.05, 0) is 19.1 Å². The molecule has 7 nitrogen and oxygen atoms in total. The van der Waals surface area contributed by atoms with Crippen molar-refractivity contribution in [3.8, 4) is 0 Å². The van der Waals surface area contributed by atoms with Crippen LogP contribution in [0.15, 0.2) is 18.3 Å². The Bertz CT molecular complexity index is 962. The number of amides is 1. The fourth-order valence-corrected chi connectivity index (χ4v) is 2.54. The second-order valence-electron chi connectivity index (χ2n) is 5.31. The van der Waals surface area contributed by atoms with E-state index in [9.17, 15) is 18.0 Å². The molecule has 1 amide bonds. The third-order valence-electron chi connectivity index (χ3n) is 3.52. The van der Waals surface area contributed by atoms with Crippen LogP contribution < -0.4 is 5.32 Å². The lowest BCUT2D eigenvalue weighted by Crippen LogP contribution is -2.25. The molecule has 25 heavy (non-hydrogen) atoms. The summed E-state index contributed by atoms with van der Waals surface area (Å²) in [7, 11) is 1.70. The van der Waals surface area contributed by atoms with Gasteiger partial charge in [-0.3, -0.25) is 9.48 Å². The van der Waals surface area contributed by atoms with Crippen LogP contribution in [0.5, 0.6) is 0 Å². The normalized spacial score (nSPS) is 11.9. The lowest BCUT2D eigenvalue weighted by atomic mass is 10.3. The number of hydrogen-bond donors (Lipinski definition) is 1. The molecule has 3 rings (SSSR count). The maximum Gasteiger partial charge on any atom is 0.433 e. The smallest absolute Gasteiger partial charge is 0.345 e. The van der Waals surface area contributed by atoms with Crippen LogP contribution in [0.4, 0.5) is 13.2 Å². The molecular formula is C14H12ClF3N6O. The highest BCUT2D eigenvalue weighted by Gasteiger charge is 2.36. The highest BCUT2D eigenvalue weighted by Crippen LogP contribution is 2.32. The van der Waals surface area contributed by atoms with Crippen molar-refractivity contribution in [3.05, 3.63) is 46.1 Å². The maximum atomic E-state index is 13.2. The van der Waals surface area contributed by atoms with E-state index in [1.165, 1.54) is 6.92 Å². The van der Waals surface area contributed by atoms with E-state index in [0.717, 1.165) is 6.07 Å². The van der Waals surface area contributed by atoms with E-state index in [1.807, 2.05) is 0 Å². The molecule has 3 aromatic rings. The molecule has 0 saturated heterocycles. The minimum atomic E-state index is -4.66. The van der Waals surface area contributed by atoms with Gasteiger partial charge in [-0.2, -0.15) is 23.4 Å². The van der Waals surface area contributed by atoms with E-state index < -0.39 is 17.8 Å². The predicted octanol–water partition coefficient (Wildman–Crippen LogP) is 2.37. The molecule has 0 aliphatic heterocycles. The molecule has 0 aliphatic carbocycles. The van der Waals surface area contributed by atoms with E-state index in [0.29, 0.717) is 10.2 Å². The largest absolute Gasteiger partial charge is 0.433 e. The maximum absolute atomic E-state index is 13.2. The number of hydrogen-bond acceptors (Lipinski definition) is 4. The highest BCUT2D eigenvalue weighted by molar-refractivity contribution is 6.36. The Balaban J connectivity index is 1.98. The number of aromatic nitrogens is 5. The van der Waals surface area contributed by atoms with Gasteiger partial charge in [0.25, 0.3) is 5.91 Å². The standard InChI is InChI=1S/C14H12ClF3N6O/c1-7-5-9(14(16,17)18)24-12(21-7)10(15)11(22-24)13(25)19-6-8-3-4-20-23(8)2/h3-5H,6H2,1-2H3,(H,19,25). The molecule has 0 atom stereocenters. The lowest BCUT2D eigenvalue weighted by Gasteiger charge is -2.09. The Kier molecular flexibility index (Phi) is 4.15. The van der Waals surface area contributed by atoms with Crippen LogP contribution in [0.3, 0.4) is 0 Å². The average molecular weight is 373 g/mol. The van der Waals surface area contributed by atoms with Gasteiger partial charge in [0, 0.05) is 18.9 Å².